The molecule has 1 heterocycles. The summed E-state index contributed by atoms with van der Waals surface area (Å²) in [4.78, 5) is 4.64. The molecule has 1 aromatic carbocycles. The van der Waals surface area contributed by atoms with Gasteiger partial charge in [-0.25, -0.2) is 0 Å². The van der Waals surface area contributed by atoms with Crippen molar-refractivity contribution in [3.05, 3.63) is 41.0 Å². The van der Waals surface area contributed by atoms with Gasteiger partial charge in [0.05, 0.1) is 10.5 Å². The Morgan fingerprint density at radius 2 is 1.94 bits per heavy atom. The van der Waals surface area contributed by atoms with Crippen molar-refractivity contribution in [2.24, 2.45) is 0 Å². The monoisotopic (exact) mass is 311 g/mol. The molecule has 0 fully saturated rings. The zero-order valence-electron chi connectivity index (χ0n) is 9.63. The summed E-state index contributed by atoms with van der Waals surface area (Å²) in [7, 11) is 0. The standard InChI is InChI=1S/C14H15BrClN/c15-9-5-1-2-6-11-10-13(16)12-7-3-4-8-14(12)17-11/h3-4,7-8,10H,1-2,5-6,9H2. The first kappa shape index (κ1) is 12.8. The van der Waals surface area contributed by atoms with Gasteiger partial charge in [-0.1, -0.05) is 52.2 Å². The van der Waals surface area contributed by atoms with E-state index in [1.54, 1.807) is 0 Å². The Labute approximate surface area is 115 Å². The predicted molar refractivity (Wildman–Crippen MR) is 78.1 cm³/mol. The first-order valence-corrected chi connectivity index (χ1v) is 7.41. The molecule has 0 saturated heterocycles. The van der Waals surface area contributed by atoms with Crippen molar-refractivity contribution in [3.63, 3.8) is 0 Å². The normalized spacial score (nSPS) is 10.9. The molecule has 0 bridgehead atoms. The molecule has 0 aliphatic rings. The van der Waals surface area contributed by atoms with Gasteiger partial charge in [-0.3, -0.25) is 4.98 Å². The van der Waals surface area contributed by atoms with Crippen LogP contribution in [0, 0.1) is 0 Å². The van der Waals surface area contributed by atoms with Crippen molar-refractivity contribution in [3.8, 4) is 0 Å². The summed E-state index contributed by atoms with van der Waals surface area (Å²) in [5.74, 6) is 0. The summed E-state index contributed by atoms with van der Waals surface area (Å²) < 4.78 is 0. The molecule has 90 valence electrons. The maximum Gasteiger partial charge on any atom is 0.0720 e. The lowest BCUT2D eigenvalue weighted by molar-refractivity contribution is 0.715. The zero-order valence-corrected chi connectivity index (χ0v) is 12.0. The van der Waals surface area contributed by atoms with Crippen LogP contribution in [0.3, 0.4) is 0 Å². The molecule has 0 spiro atoms. The van der Waals surface area contributed by atoms with Crippen LogP contribution in [0.4, 0.5) is 0 Å². The number of para-hydroxylation sites is 1. The number of halogens is 2. The lowest BCUT2D eigenvalue weighted by atomic mass is 10.1. The Balaban J connectivity index is 2.13. The van der Waals surface area contributed by atoms with E-state index >= 15 is 0 Å². The fourth-order valence-electron chi connectivity index (χ4n) is 1.89. The molecule has 0 N–H and O–H groups in total. The highest BCUT2D eigenvalue weighted by molar-refractivity contribution is 9.09. The number of aryl methyl sites for hydroxylation is 1. The second-order valence-electron chi connectivity index (χ2n) is 4.11. The van der Waals surface area contributed by atoms with Gasteiger partial charge in [0.25, 0.3) is 0 Å². The van der Waals surface area contributed by atoms with Gasteiger partial charge in [0.1, 0.15) is 0 Å². The molecule has 2 aromatic rings. The Bertz CT molecular complexity index is 499. The topological polar surface area (TPSA) is 12.9 Å². The molecule has 3 heteroatoms. The molecule has 1 nitrogen and oxygen atoms in total. The molecule has 2 rings (SSSR count). The van der Waals surface area contributed by atoms with Crippen LogP contribution >= 0.6 is 27.5 Å². The summed E-state index contributed by atoms with van der Waals surface area (Å²) in [6.07, 6.45) is 4.64. The Hall–Kier alpha value is -0.600. The lowest BCUT2D eigenvalue weighted by Crippen LogP contribution is -1.92. The van der Waals surface area contributed by atoms with Crippen molar-refractivity contribution in [2.75, 3.05) is 5.33 Å². The molecule has 0 unspecified atom stereocenters. The van der Waals surface area contributed by atoms with E-state index < -0.39 is 0 Å². The number of hydrogen-bond donors (Lipinski definition) is 0. The number of pyridine rings is 1. The number of fused-ring (bicyclic) bond motifs is 1. The predicted octanol–water partition coefficient (Wildman–Crippen LogP) is 5.00. The van der Waals surface area contributed by atoms with Gasteiger partial charge in [0, 0.05) is 16.4 Å². The molecular weight excluding hydrogens is 298 g/mol. The Morgan fingerprint density at radius 3 is 2.76 bits per heavy atom. The number of hydrogen-bond acceptors (Lipinski definition) is 1. The largest absolute Gasteiger partial charge is 0.253 e. The number of aromatic nitrogens is 1. The molecule has 0 amide bonds. The average molecular weight is 313 g/mol. The Kier molecular flexibility index (Phi) is 4.81. The SMILES string of the molecule is Clc1cc(CCCCCBr)nc2ccccc12. The van der Waals surface area contributed by atoms with E-state index in [2.05, 4.69) is 20.9 Å². The van der Waals surface area contributed by atoms with Gasteiger partial charge in [0.15, 0.2) is 0 Å². The zero-order chi connectivity index (χ0) is 12.1. The van der Waals surface area contributed by atoms with E-state index in [0.717, 1.165) is 33.4 Å². The van der Waals surface area contributed by atoms with Crippen molar-refractivity contribution >= 4 is 38.4 Å². The van der Waals surface area contributed by atoms with E-state index in [4.69, 9.17) is 11.6 Å². The Morgan fingerprint density at radius 1 is 1.12 bits per heavy atom. The molecule has 1 aromatic heterocycles. The van der Waals surface area contributed by atoms with E-state index in [-0.39, 0.29) is 0 Å². The van der Waals surface area contributed by atoms with Crippen LogP contribution in [0.25, 0.3) is 10.9 Å². The van der Waals surface area contributed by atoms with Gasteiger partial charge in [0.2, 0.25) is 0 Å². The van der Waals surface area contributed by atoms with Crippen LogP contribution < -0.4 is 0 Å². The summed E-state index contributed by atoms with van der Waals surface area (Å²) >= 11 is 9.70. The van der Waals surface area contributed by atoms with E-state index in [9.17, 15) is 0 Å². The van der Waals surface area contributed by atoms with Gasteiger partial charge in [-0.05, 0) is 31.4 Å². The lowest BCUT2D eigenvalue weighted by Gasteiger charge is -2.05. The fourth-order valence-corrected chi connectivity index (χ4v) is 2.57. The minimum absolute atomic E-state index is 0.811. The third-order valence-electron chi connectivity index (χ3n) is 2.79. The maximum absolute atomic E-state index is 6.25. The number of alkyl halides is 1. The third kappa shape index (κ3) is 3.43. The highest BCUT2D eigenvalue weighted by atomic mass is 79.9. The van der Waals surface area contributed by atoms with Gasteiger partial charge in [-0.2, -0.15) is 0 Å². The molecule has 0 aliphatic carbocycles. The highest BCUT2D eigenvalue weighted by Crippen LogP contribution is 2.23. The summed E-state index contributed by atoms with van der Waals surface area (Å²) in [6.45, 7) is 0. The molecule has 17 heavy (non-hydrogen) atoms. The van der Waals surface area contributed by atoms with Crippen LogP contribution in [-0.2, 0) is 6.42 Å². The van der Waals surface area contributed by atoms with Crippen LogP contribution in [0.15, 0.2) is 30.3 Å². The second-order valence-corrected chi connectivity index (χ2v) is 5.31. The van der Waals surface area contributed by atoms with Gasteiger partial charge < -0.3 is 0 Å². The van der Waals surface area contributed by atoms with E-state index in [1.807, 2.05) is 30.3 Å². The number of benzene rings is 1. The van der Waals surface area contributed by atoms with Crippen LogP contribution in [0.1, 0.15) is 25.0 Å². The molecule has 0 atom stereocenters. The van der Waals surface area contributed by atoms with Crippen molar-refractivity contribution in [1.29, 1.82) is 0 Å². The quantitative estimate of drug-likeness (QED) is 0.559. The van der Waals surface area contributed by atoms with Crippen molar-refractivity contribution in [1.82, 2.24) is 4.98 Å². The summed E-state index contributed by atoms with van der Waals surface area (Å²) in [5, 5.41) is 2.93. The molecule has 0 radical (unpaired) electrons. The summed E-state index contributed by atoms with van der Waals surface area (Å²) in [5.41, 5.74) is 2.10. The van der Waals surface area contributed by atoms with E-state index in [1.165, 1.54) is 19.3 Å². The first-order chi connectivity index (χ1) is 8.31. The van der Waals surface area contributed by atoms with Crippen molar-refractivity contribution in [2.45, 2.75) is 25.7 Å². The average Bonchev–Trinajstić information content (AvgIpc) is 2.35. The molecule has 0 saturated carbocycles. The third-order valence-corrected chi connectivity index (χ3v) is 3.66. The van der Waals surface area contributed by atoms with Gasteiger partial charge in [-0.15, -0.1) is 0 Å². The van der Waals surface area contributed by atoms with Crippen molar-refractivity contribution < 1.29 is 0 Å². The minimum atomic E-state index is 0.811. The highest BCUT2D eigenvalue weighted by Gasteiger charge is 2.03. The van der Waals surface area contributed by atoms with Crippen LogP contribution in [0.5, 0.6) is 0 Å². The van der Waals surface area contributed by atoms with Gasteiger partial charge >= 0.3 is 0 Å². The maximum atomic E-state index is 6.25. The van der Waals surface area contributed by atoms with Crippen LogP contribution in [0.2, 0.25) is 5.02 Å². The fraction of sp³-hybridized carbons (Fsp3) is 0.357. The molecule has 0 aliphatic heterocycles. The summed E-state index contributed by atoms with van der Waals surface area (Å²) in [6, 6.07) is 10.0. The minimum Gasteiger partial charge on any atom is -0.253 e. The smallest absolute Gasteiger partial charge is 0.0720 e. The first-order valence-electron chi connectivity index (χ1n) is 5.91. The number of rotatable bonds is 5. The number of unbranched alkanes of at least 4 members (excludes halogenated alkanes) is 2. The van der Waals surface area contributed by atoms with E-state index in [0.29, 0.717) is 0 Å². The molecular formula is C14H15BrClN. The second kappa shape index (κ2) is 6.36. The van der Waals surface area contributed by atoms with Crippen LogP contribution in [-0.4, -0.2) is 10.3 Å². The number of nitrogens with zero attached hydrogens (tertiary/aromatic N) is 1.